The van der Waals surface area contributed by atoms with E-state index in [4.69, 9.17) is 4.74 Å². The summed E-state index contributed by atoms with van der Waals surface area (Å²) in [5.74, 6) is -0.653. The summed E-state index contributed by atoms with van der Waals surface area (Å²) in [6, 6.07) is 5.72. The number of unbranched alkanes of at least 4 members (excludes halogenated alkanes) is 2. The zero-order valence-corrected chi connectivity index (χ0v) is 13.3. The Bertz CT molecular complexity index is 525. The molecule has 1 N–H and O–H groups in total. The van der Waals surface area contributed by atoms with Gasteiger partial charge in [-0.15, -0.1) is 0 Å². The number of hydrogen-bond acceptors (Lipinski definition) is 3. The van der Waals surface area contributed by atoms with E-state index in [-0.39, 0.29) is 12.5 Å². The molecule has 1 aliphatic carbocycles. The molecule has 0 saturated heterocycles. The topological polar surface area (TPSA) is 55.4 Å². The van der Waals surface area contributed by atoms with E-state index in [1.54, 1.807) is 6.07 Å². The molecule has 1 aliphatic rings. The highest BCUT2D eigenvalue weighted by Crippen LogP contribution is 2.22. The third-order valence-corrected chi connectivity index (χ3v) is 4.02. The van der Waals surface area contributed by atoms with Gasteiger partial charge in [0.1, 0.15) is 0 Å². The molecule has 0 unspecified atom stereocenters. The average molecular weight is 303 g/mol. The fourth-order valence-corrected chi connectivity index (χ4v) is 2.73. The summed E-state index contributed by atoms with van der Waals surface area (Å²) in [5.41, 5.74) is 3.11. The van der Waals surface area contributed by atoms with E-state index in [0.717, 1.165) is 32.1 Å². The minimum Gasteiger partial charge on any atom is -0.452 e. The molecule has 4 nitrogen and oxygen atoms in total. The lowest BCUT2D eigenvalue weighted by Crippen LogP contribution is -2.29. The molecule has 2 rings (SSSR count). The van der Waals surface area contributed by atoms with Gasteiger partial charge in [0.15, 0.2) is 6.61 Å². The number of carbonyl (C=O) groups excluding carboxylic acids is 2. The van der Waals surface area contributed by atoms with Gasteiger partial charge in [-0.25, -0.2) is 4.79 Å². The van der Waals surface area contributed by atoms with Crippen LogP contribution in [0.3, 0.4) is 0 Å². The van der Waals surface area contributed by atoms with Gasteiger partial charge in [0, 0.05) is 6.54 Å². The van der Waals surface area contributed by atoms with Crippen LogP contribution in [-0.2, 0) is 22.4 Å². The maximum atomic E-state index is 12.0. The number of fused-ring (bicyclic) bond motifs is 1. The standard InChI is InChI=1S/C18H25NO3/c1-2-3-6-11-19-17(20)13-22-18(21)16-10-9-14-7-4-5-8-15(14)12-16/h9-10,12H,2-8,11,13H2,1H3,(H,19,20). The number of nitrogens with one attached hydrogen (secondary N) is 1. The molecule has 0 fully saturated rings. The number of ether oxygens (including phenoxy) is 1. The van der Waals surface area contributed by atoms with Crippen LogP contribution in [0.5, 0.6) is 0 Å². The Hall–Kier alpha value is -1.84. The maximum Gasteiger partial charge on any atom is 0.338 e. The number of carbonyl (C=O) groups is 2. The van der Waals surface area contributed by atoms with Crippen molar-refractivity contribution >= 4 is 11.9 Å². The summed E-state index contributed by atoms with van der Waals surface area (Å²) >= 11 is 0. The van der Waals surface area contributed by atoms with Gasteiger partial charge >= 0.3 is 5.97 Å². The summed E-state index contributed by atoms with van der Waals surface area (Å²) in [4.78, 5) is 23.6. The van der Waals surface area contributed by atoms with Crippen molar-refractivity contribution in [2.45, 2.75) is 51.9 Å². The Kier molecular flexibility index (Phi) is 6.44. The average Bonchev–Trinajstić information content (AvgIpc) is 2.56. The van der Waals surface area contributed by atoms with Crippen LogP contribution in [0.1, 0.15) is 60.5 Å². The fraction of sp³-hybridized carbons (Fsp3) is 0.556. The third-order valence-electron chi connectivity index (χ3n) is 4.02. The number of esters is 1. The molecule has 0 radical (unpaired) electrons. The Morgan fingerprint density at radius 2 is 1.91 bits per heavy atom. The van der Waals surface area contributed by atoms with Crippen molar-refractivity contribution in [3.05, 3.63) is 34.9 Å². The highest BCUT2D eigenvalue weighted by Gasteiger charge is 2.14. The van der Waals surface area contributed by atoms with Crippen LogP contribution in [0.25, 0.3) is 0 Å². The molecule has 0 atom stereocenters. The second-order valence-electron chi connectivity index (χ2n) is 5.82. The molecular weight excluding hydrogens is 278 g/mol. The van der Waals surface area contributed by atoms with Crippen molar-refractivity contribution in [2.24, 2.45) is 0 Å². The van der Waals surface area contributed by atoms with Gasteiger partial charge in [0.25, 0.3) is 5.91 Å². The largest absolute Gasteiger partial charge is 0.452 e. The number of aryl methyl sites for hydroxylation is 2. The summed E-state index contributed by atoms with van der Waals surface area (Å²) < 4.78 is 5.09. The lowest BCUT2D eigenvalue weighted by molar-refractivity contribution is -0.124. The van der Waals surface area contributed by atoms with Crippen LogP contribution in [0, 0.1) is 0 Å². The molecule has 1 aromatic rings. The summed E-state index contributed by atoms with van der Waals surface area (Å²) in [6.07, 6.45) is 7.67. The van der Waals surface area contributed by atoms with Gasteiger partial charge < -0.3 is 10.1 Å². The molecule has 120 valence electrons. The first kappa shape index (κ1) is 16.5. The summed E-state index contributed by atoms with van der Waals surface area (Å²) in [5, 5.41) is 2.76. The predicted octanol–water partition coefficient (Wildman–Crippen LogP) is 3.03. The minimum atomic E-state index is -0.419. The zero-order chi connectivity index (χ0) is 15.8. The van der Waals surface area contributed by atoms with Crippen molar-refractivity contribution in [2.75, 3.05) is 13.2 Å². The lowest BCUT2D eigenvalue weighted by Gasteiger charge is -2.16. The van der Waals surface area contributed by atoms with Gasteiger partial charge in [-0.05, 0) is 55.4 Å². The molecule has 0 aromatic heterocycles. The van der Waals surface area contributed by atoms with E-state index < -0.39 is 5.97 Å². The third kappa shape index (κ3) is 4.86. The zero-order valence-electron chi connectivity index (χ0n) is 13.3. The molecule has 0 saturated carbocycles. The fourth-order valence-electron chi connectivity index (χ4n) is 2.73. The second-order valence-corrected chi connectivity index (χ2v) is 5.82. The molecule has 1 amide bonds. The van der Waals surface area contributed by atoms with Crippen LogP contribution in [-0.4, -0.2) is 25.0 Å². The van der Waals surface area contributed by atoms with E-state index in [9.17, 15) is 9.59 Å². The van der Waals surface area contributed by atoms with Crippen LogP contribution in [0.4, 0.5) is 0 Å². The monoisotopic (exact) mass is 303 g/mol. The molecule has 22 heavy (non-hydrogen) atoms. The molecule has 4 heteroatoms. The first-order valence-electron chi connectivity index (χ1n) is 8.26. The van der Waals surface area contributed by atoms with Crippen molar-refractivity contribution in [3.63, 3.8) is 0 Å². The number of amides is 1. The summed E-state index contributed by atoms with van der Waals surface area (Å²) in [6.45, 7) is 2.55. The summed E-state index contributed by atoms with van der Waals surface area (Å²) in [7, 11) is 0. The highest BCUT2D eigenvalue weighted by molar-refractivity contribution is 5.91. The van der Waals surface area contributed by atoms with Crippen molar-refractivity contribution in [1.82, 2.24) is 5.32 Å². The van der Waals surface area contributed by atoms with Crippen LogP contribution < -0.4 is 5.32 Å². The SMILES string of the molecule is CCCCCNC(=O)COC(=O)c1ccc2c(c1)CCCC2. The number of hydrogen-bond donors (Lipinski definition) is 1. The van der Waals surface area contributed by atoms with Gasteiger partial charge in [0.2, 0.25) is 0 Å². The van der Waals surface area contributed by atoms with Crippen LogP contribution in [0.15, 0.2) is 18.2 Å². The molecule has 0 bridgehead atoms. The molecular formula is C18H25NO3. The van der Waals surface area contributed by atoms with Gasteiger partial charge in [-0.1, -0.05) is 25.8 Å². The van der Waals surface area contributed by atoms with Crippen molar-refractivity contribution < 1.29 is 14.3 Å². The van der Waals surface area contributed by atoms with Gasteiger partial charge in [-0.3, -0.25) is 4.79 Å². The van der Waals surface area contributed by atoms with E-state index >= 15 is 0 Å². The van der Waals surface area contributed by atoms with E-state index in [1.807, 2.05) is 12.1 Å². The maximum absolute atomic E-state index is 12.0. The van der Waals surface area contributed by atoms with Gasteiger partial charge in [-0.2, -0.15) is 0 Å². The van der Waals surface area contributed by atoms with Gasteiger partial charge in [0.05, 0.1) is 5.56 Å². The first-order chi connectivity index (χ1) is 10.7. The lowest BCUT2D eigenvalue weighted by atomic mass is 9.90. The number of rotatable bonds is 7. The molecule has 0 spiro atoms. The predicted molar refractivity (Wildman–Crippen MR) is 85.9 cm³/mol. The Balaban J connectivity index is 1.78. The smallest absolute Gasteiger partial charge is 0.338 e. The first-order valence-corrected chi connectivity index (χ1v) is 8.26. The molecule has 0 aliphatic heterocycles. The Labute approximate surface area is 132 Å². The minimum absolute atomic E-state index is 0.206. The normalized spacial score (nSPS) is 13.3. The second kappa shape index (κ2) is 8.57. The Morgan fingerprint density at radius 1 is 1.14 bits per heavy atom. The number of benzene rings is 1. The van der Waals surface area contributed by atoms with E-state index in [0.29, 0.717) is 12.1 Å². The molecule has 0 heterocycles. The quantitative estimate of drug-likeness (QED) is 0.622. The Morgan fingerprint density at radius 3 is 2.68 bits per heavy atom. The van der Waals surface area contributed by atoms with E-state index in [1.165, 1.54) is 24.0 Å². The molecule has 1 aromatic carbocycles. The van der Waals surface area contributed by atoms with E-state index in [2.05, 4.69) is 12.2 Å². The highest BCUT2D eigenvalue weighted by atomic mass is 16.5. The van der Waals surface area contributed by atoms with Crippen LogP contribution in [0.2, 0.25) is 0 Å². The van der Waals surface area contributed by atoms with Crippen molar-refractivity contribution in [1.29, 1.82) is 0 Å². The van der Waals surface area contributed by atoms with Crippen molar-refractivity contribution in [3.8, 4) is 0 Å². The van der Waals surface area contributed by atoms with Crippen LogP contribution >= 0.6 is 0 Å².